The number of fused-ring (bicyclic) bond motifs is 1. The van der Waals surface area contributed by atoms with Crippen molar-refractivity contribution in [1.29, 1.82) is 0 Å². The summed E-state index contributed by atoms with van der Waals surface area (Å²) in [5.41, 5.74) is 1.94. The number of hydrogen-bond acceptors (Lipinski definition) is 4. The molecule has 1 N–H and O–H groups in total. The highest BCUT2D eigenvalue weighted by atomic mass is 79.9. The molecule has 0 aliphatic rings. The number of halogens is 1. The molecule has 0 radical (unpaired) electrons. The van der Waals surface area contributed by atoms with Crippen molar-refractivity contribution < 1.29 is 4.92 Å². The standard InChI is InChI=1S/C15H11BrN2O2S/c16-15-11(2-1-3-13(15)18(19)20)9-17-12-4-5-14-10(8-12)6-7-21-14/h1-8,17H,9H2. The van der Waals surface area contributed by atoms with Gasteiger partial charge < -0.3 is 5.32 Å². The zero-order chi connectivity index (χ0) is 14.8. The van der Waals surface area contributed by atoms with E-state index in [1.165, 1.54) is 16.2 Å². The Morgan fingerprint density at radius 2 is 2.10 bits per heavy atom. The van der Waals surface area contributed by atoms with E-state index in [9.17, 15) is 10.1 Å². The van der Waals surface area contributed by atoms with E-state index in [0.717, 1.165) is 11.3 Å². The van der Waals surface area contributed by atoms with Gasteiger partial charge in [0, 0.05) is 23.0 Å². The molecular formula is C15H11BrN2O2S. The molecule has 0 unspecified atom stereocenters. The third-order valence-electron chi connectivity index (χ3n) is 3.19. The highest BCUT2D eigenvalue weighted by Crippen LogP contribution is 2.29. The Bertz CT molecular complexity index is 816. The van der Waals surface area contributed by atoms with E-state index < -0.39 is 0 Å². The summed E-state index contributed by atoms with van der Waals surface area (Å²) in [5.74, 6) is 0. The second kappa shape index (κ2) is 5.83. The smallest absolute Gasteiger partial charge is 0.283 e. The molecule has 3 aromatic rings. The van der Waals surface area contributed by atoms with E-state index in [1.54, 1.807) is 17.4 Å². The van der Waals surface area contributed by atoms with Crippen LogP contribution in [0.15, 0.2) is 52.3 Å². The number of nitrogens with zero attached hydrogens (tertiary/aromatic N) is 1. The summed E-state index contributed by atoms with van der Waals surface area (Å²) >= 11 is 5.02. The Kier molecular flexibility index (Phi) is 3.90. The molecule has 0 bridgehead atoms. The zero-order valence-electron chi connectivity index (χ0n) is 10.9. The van der Waals surface area contributed by atoms with Crippen LogP contribution in [0.25, 0.3) is 10.1 Å². The van der Waals surface area contributed by atoms with Gasteiger partial charge >= 0.3 is 0 Å². The Balaban J connectivity index is 1.81. The van der Waals surface area contributed by atoms with Crippen LogP contribution in [0.1, 0.15) is 5.56 Å². The molecular weight excluding hydrogens is 352 g/mol. The lowest BCUT2D eigenvalue weighted by Crippen LogP contribution is -2.01. The molecule has 1 heterocycles. The monoisotopic (exact) mass is 362 g/mol. The summed E-state index contributed by atoms with van der Waals surface area (Å²) in [4.78, 5) is 10.5. The Hall–Kier alpha value is -1.92. The maximum atomic E-state index is 10.9. The molecule has 21 heavy (non-hydrogen) atoms. The molecule has 4 nitrogen and oxygen atoms in total. The fraction of sp³-hybridized carbons (Fsp3) is 0.0667. The van der Waals surface area contributed by atoms with Gasteiger partial charge in [-0.25, -0.2) is 0 Å². The van der Waals surface area contributed by atoms with Crippen LogP contribution in [0.5, 0.6) is 0 Å². The second-order valence-electron chi connectivity index (χ2n) is 4.53. The van der Waals surface area contributed by atoms with Gasteiger partial charge in [-0.2, -0.15) is 0 Å². The van der Waals surface area contributed by atoms with Gasteiger partial charge in [-0.05, 0) is 56.5 Å². The van der Waals surface area contributed by atoms with Crippen LogP contribution < -0.4 is 5.32 Å². The first kappa shape index (κ1) is 14.0. The minimum atomic E-state index is -0.384. The Morgan fingerprint density at radius 3 is 2.90 bits per heavy atom. The first-order valence-electron chi connectivity index (χ1n) is 6.28. The SMILES string of the molecule is O=[N+]([O-])c1cccc(CNc2ccc3sccc3c2)c1Br. The number of anilines is 1. The molecule has 106 valence electrons. The van der Waals surface area contributed by atoms with E-state index in [1.807, 2.05) is 12.1 Å². The van der Waals surface area contributed by atoms with Crippen molar-refractivity contribution in [3.05, 3.63) is 68.0 Å². The minimum absolute atomic E-state index is 0.0857. The Labute approximate surface area is 133 Å². The average molecular weight is 363 g/mol. The van der Waals surface area contributed by atoms with Crippen LogP contribution in [-0.4, -0.2) is 4.92 Å². The number of nitro groups is 1. The fourth-order valence-electron chi connectivity index (χ4n) is 2.12. The van der Waals surface area contributed by atoms with E-state index in [0.29, 0.717) is 11.0 Å². The number of nitro benzene ring substituents is 1. The minimum Gasteiger partial charge on any atom is -0.381 e. The first-order chi connectivity index (χ1) is 10.1. The van der Waals surface area contributed by atoms with Gasteiger partial charge in [-0.1, -0.05) is 12.1 Å². The van der Waals surface area contributed by atoms with Crippen molar-refractivity contribution >= 4 is 48.7 Å². The number of thiophene rings is 1. The summed E-state index contributed by atoms with van der Waals surface area (Å²) < 4.78 is 1.77. The number of benzene rings is 2. The zero-order valence-corrected chi connectivity index (χ0v) is 13.3. The summed E-state index contributed by atoms with van der Waals surface area (Å²) in [7, 11) is 0. The van der Waals surface area contributed by atoms with E-state index >= 15 is 0 Å². The number of nitrogens with one attached hydrogen (secondary N) is 1. The van der Waals surface area contributed by atoms with E-state index in [2.05, 4.69) is 44.8 Å². The van der Waals surface area contributed by atoms with Gasteiger partial charge in [0.1, 0.15) is 4.47 Å². The van der Waals surface area contributed by atoms with Crippen LogP contribution in [0.4, 0.5) is 11.4 Å². The molecule has 3 rings (SSSR count). The van der Waals surface area contributed by atoms with Crippen LogP contribution in [0.2, 0.25) is 0 Å². The van der Waals surface area contributed by atoms with Gasteiger partial charge in [-0.3, -0.25) is 10.1 Å². The molecule has 0 atom stereocenters. The molecule has 0 amide bonds. The van der Waals surface area contributed by atoms with Crippen LogP contribution in [0, 0.1) is 10.1 Å². The average Bonchev–Trinajstić information content (AvgIpc) is 2.93. The van der Waals surface area contributed by atoms with Crippen molar-refractivity contribution in [2.24, 2.45) is 0 Å². The lowest BCUT2D eigenvalue weighted by molar-refractivity contribution is -0.385. The number of hydrogen-bond donors (Lipinski definition) is 1. The van der Waals surface area contributed by atoms with Gasteiger partial charge in [0.2, 0.25) is 0 Å². The van der Waals surface area contributed by atoms with Crippen molar-refractivity contribution in [1.82, 2.24) is 0 Å². The van der Waals surface area contributed by atoms with Crippen molar-refractivity contribution in [3.8, 4) is 0 Å². The molecule has 0 aliphatic carbocycles. The van der Waals surface area contributed by atoms with Gasteiger partial charge in [0.15, 0.2) is 0 Å². The summed E-state index contributed by atoms with van der Waals surface area (Å²) in [6.45, 7) is 0.526. The molecule has 0 saturated carbocycles. The van der Waals surface area contributed by atoms with E-state index in [4.69, 9.17) is 0 Å². The predicted octanol–water partition coefficient (Wildman–Crippen LogP) is 5.18. The normalized spacial score (nSPS) is 10.7. The first-order valence-corrected chi connectivity index (χ1v) is 7.95. The molecule has 2 aromatic carbocycles. The maximum Gasteiger partial charge on any atom is 0.283 e. The maximum absolute atomic E-state index is 10.9. The third kappa shape index (κ3) is 2.91. The third-order valence-corrected chi connectivity index (χ3v) is 5.00. The van der Waals surface area contributed by atoms with Gasteiger partial charge in [0.25, 0.3) is 5.69 Å². The largest absolute Gasteiger partial charge is 0.381 e. The van der Waals surface area contributed by atoms with Crippen molar-refractivity contribution in [3.63, 3.8) is 0 Å². The van der Waals surface area contributed by atoms with Crippen LogP contribution >= 0.6 is 27.3 Å². The lowest BCUT2D eigenvalue weighted by atomic mass is 10.2. The summed E-state index contributed by atoms with van der Waals surface area (Å²) in [6.07, 6.45) is 0. The topological polar surface area (TPSA) is 55.2 Å². The summed E-state index contributed by atoms with van der Waals surface area (Å²) in [5, 5.41) is 17.5. The predicted molar refractivity (Wildman–Crippen MR) is 89.9 cm³/mol. The second-order valence-corrected chi connectivity index (χ2v) is 6.27. The Morgan fingerprint density at radius 1 is 1.24 bits per heavy atom. The van der Waals surface area contributed by atoms with Crippen LogP contribution in [-0.2, 0) is 6.54 Å². The molecule has 0 aliphatic heterocycles. The number of rotatable bonds is 4. The molecule has 0 fully saturated rings. The highest BCUT2D eigenvalue weighted by molar-refractivity contribution is 9.10. The molecule has 0 spiro atoms. The van der Waals surface area contributed by atoms with E-state index in [-0.39, 0.29) is 10.6 Å². The molecule has 6 heteroatoms. The summed E-state index contributed by atoms with van der Waals surface area (Å²) in [6, 6.07) is 13.3. The van der Waals surface area contributed by atoms with Gasteiger partial charge in [0.05, 0.1) is 4.92 Å². The van der Waals surface area contributed by atoms with Gasteiger partial charge in [-0.15, -0.1) is 11.3 Å². The van der Waals surface area contributed by atoms with Crippen LogP contribution in [0.3, 0.4) is 0 Å². The van der Waals surface area contributed by atoms with Crippen molar-refractivity contribution in [2.45, 2.75) is 6.54 Å². The fourth-order valence-corrected chi connectivity index (χ4v) is 3.44. The molecule has 0 saturated heterocycles. The lowest BCUT2D eigenvalue weighted by Gasteiger charge is -2.08. The molecule has 1 aromatic heterocycles. The van der Waals surface area contributed by atoms with Crippen molar-refractivity contribution in [2.75, 3.05) is 5.32 Å². The quantitative estimate of drug-likeness (QED) is 0.513. The highest BCUT2D eigenvalue weighted by Gasteiger charge is 2.14.